The third-order valence-corrected chi connectivity index (χ3v) is 11.1. The van der Waals surface area contributed by atoms with Crippen LogP contribution in [0.15, 0.2) is 0 Å². The molecule has 7 amide bonds. The molecule has 15 heteroatoms. The van der Waals surface area contributed by atoms with E-state index in [1.165, 1.54) is 48.8 Å². The van der Waals surface area contributed by atoms with Crippen LogP contribution in [0.5, 0.6) is 0 Å². The summed E-state index contributed by atoms with van der Waals surface area (Å²) in [6, 6.07) is -4.06. The molecule has 0 saturated carbocycles. The first kappa shape index (κ1) is 44.6. The molecule has 3 saturated heterocycles. The molecule has 3 rings (SSSR count). The van der Waals surface area contributed by atoms with Crippen LogP contribution in [0, 0.1) is 11.8 Å². The van der Waals surface area contributed by atoms with E-state index in [2.05, 4.69) is 47.4 Å². The van der Waals surface area contributed by atoms with Gasteiger partial charge in [-0.05, 0) is 70.1 Å². The number of nitrogens with zero attached hydrogens (tertiary/aromatic N) is 2. The van der Waals surface area contributed by atoms with Gasteiger partial charge in [-0.2, -0.15) is 0 Å². The second kappa shape index (κ2) is 23.2. The van der Waals surface area contributed by atoms with Crippen molar-refractivity contribution >= 4 is 41.4 Å². The van der Waals surface area contributed by atoms with Gasteiger partial charge in [0.2, 0.25) is 41.4 Å². The lowest BCUT2D eigenvalue weighted by atomic mass is 9.91. The largest absolute Gasteiger partial charge is 0.391 e. The summed E-state index contributed by atoms with van der Waals surface area (Å²) in [5.74, 6) is -2.05. The van der Waals surface area contributed by atoms with Crippen molar-refractivity contribution in [1.82, 2.24) is 36.4 Å². The summed E-state index contributed by atoms with van der Waals surface area (Å²) in [4.78, 5) is 94.8. The lowest BCUT2D eigenvalue weighted by Gasteiger charge is -2.31. The fourth-order valence-corrected chi connectivity index (χ4v) is 7.71. The Bertz CT molecular complexity index is 1280. The smallest absolute Gasteiger partial charge is 0.248 e. The third-order valence-electron chi connectivity index (χ3n) is 11.1. The highest BCUT2D eigenvalue weighted by Crippen LogP contribution is 2.22. The second-order valence-electron chi connectivity index (χ2n) is 15.7. The predicted octanol–water partition coefficient (Wildman–Crippen LogP) is 1.65. The Balaban J connectivity index is 1.64. The summed E-state index contributed by atoms with van der Waals surface area (Å²) in [6.45, 7) is 8.24. The van der Waals surface area contributed by atoms with E-state index < -0.39 is 66.4 Å². The van der Waals surface area contributed by atoms with E-state index in [9.17, 15) is 38.7 Å². The zero-order valence-electron chi connectivity index (χ0n) is 33.1. The molecule has 0 aromatic heterocycles. The van der Waals surface area contributed by atoms with Crippen molar-refractivity contribution in [3.8, 4) is 0 Å². The number of amides is 7. The van der Waals surface area contributed by atoms with Crippen molar-refractivity contribution in [3.63, 3.8) is 0 Å². The Morgan fingerprint density at radius 3 is 2.07 bits per heavy atom. The zero-order chi connectivity index (χ0) is 39.6. The van der Waals surface area contributed by atoms with Crippen LogP contribution in [-0.2, 0) is 33.6 Å². The minimum atomic E-state index is -1.39. The zero-order valence-corrected chi connectivity index (χ0v) is 33.1. The first-order chi connectivity index (χ1) is 25.8. The SMILES string of the molecule is CCC(C)CC(C)CCCCCCCCC(=O)NC1CCCNC(=O)C2CCCN2C(=O)CNC(=O)CNC(=O)C2CCCN2C(=O)C(C(C)O)NC1=O. The van der Waals surface area contributed by atoms with Gasteiger partial charge in [0, 0.05) is 26.1 Å². The van der Waals surface area contributed by atoms with Crippen LogP contribution < -0.4 is 26.6 Å². The van der Waals surface area contributed by atoms with Crippen molar-refractivity contribution in [2.24, 2.45) is 11.8 Å². The standard InChI is InChI=1S/C39H67N7O8/c1-5-26(2)23-27(3)15-10-8-6-7-9-11-19-32(48)43-29-16-12-20-40-37(52)30-17-13-21-45(30)34(50)25-41-33(49)24-42-38(53)31-18-14-22-46(31)39(54)35(28(4)47)44-36(29)51/h26-31,35,47H,5-25H2,1-4H3,(H,40,52)(H,41,49)(H,42,53)(H,43,48)(H,44,51). The molecule has 0 aliphatic carbocycles. The van der Waals surface area contributed by atoms with E-state index in [1.807, 2.05) is 0 Å². The Labute approximate surface area is 321 Å². The molecule has 0 aromatic rings. The maximum atomic E-state index is 13.7. The molecule has 0 radical (unpaired) electrons. The van der Waals surface area contributed by atoms with Crippen LogP contribution in [0.2, 0.25) is 0 Å². The average Bonchev–Trinajstić information content (AvgIpc) is 3.84. The Hall–Kier alpha value is -3.75. The van der Waals surface area contributed by atoms with Gasteiger partial charge in [0.05, 0.1) is 19.2 Å². The highest BCUT2D eigenvalue weighted by Gasteiger charge is 2.40. The van der Waals surface area contributed by atoms with E-state index in [-0.39, 0.29) is 44.3 Å². The molecule has 0 bridgehead atoms. The molecule has 0 spiro atoms. The Morgan fingerprint density at radius 2 is 1.39 bits per heavy atom. The number of aliphatic hydroxyl groups is 1. The van der Waals surface area contributed by atoms with E-state index in [4.69, 9.17) is 0 Å². The summed E-state index contributed by atoms with van der Waals surface area (Å²) < 4.78 is 0. The van der Waals surface area contributed by atoms with E-state index in [0.29, 0.717) is 45.1 Å². The van der Waals surface area contributed by atoms with Crippen LogP contribution in [0.25, 0.3) is 0 Å². The molecule has 0 aromatic carbocycles. The minimum absolute atomic E-state index is 0.141. The predicted molar refractivity (Wildman–Crippen MR) is 203 cm³/mol. The van der Waals surface area contributed by atoms with E-state index in [0.717, 1.165) is 31.1 Å². The molecule has 3 aliphatic rings. The van der Waals surface area contributed by atoms with Crippen LogP contribution in [-0.4, -0.2) is 119 Å². The molecule has 3 heterocycles. The van der Waals surface area contributed by atoms with Crippen molar-refractivity contribution in [3.05, 3.63) is 0 Å². The van der Waals surface area contributed by atoms with Gasteiger partial charge in [0.15, 0.2) is 0 Å². The molecule has 15 nitrogen and oxygen atoms in total. The van der Waals surface area contributed by atoms with Crippen LogP contribution in [0.1, 0.15) is 130 Å². The number of carbonyl (C=O) groups excluding carboxylic acids is 7. The summed E-state index contributed by atoms with van der Waals surface area (Å²) in [7, 11) is 0. The number of carbonyl (C=O) groups is 7. The quantitative estimate of drug-likeness (QED) is 0.143. The number of rotatable bonds is 14. The van der Waals surface area contributed by atoms with Gasteiger partial charge in [-0.15, -0.1) is 0 Å². The molecule has 3 aliphatic heterocycles. The minimum Gasteiger partial charge on any atom is -0.391 e. The van der Waals surface area contributed by atoms with Gasteiger partial charge in [0.25, 0.3) is 0 Å². The van der Waals surface area contributed by atoms with Crippen molar-refractivity contribution in [1.29, 1.82) is 0 Å². The number of nitrogens with one attached hydrogen (secondary N) is 5. The highest BCUT2D eigenvalue weighted by atomic mass is 16.3. The molecule has 6 N–H and O–H groups in total. The van der Waals surface area contributed by atoms with Crippen molar-refractivity contribution in [2.75, 3.05) is 32.7 Å². The highest BCUT2D eigenvalue weighted by molar-refractivity contribution is 5.96. The van der Waals surface area contributed by atoms with Gasteiger partial charge < -0.3 is 41.5 Å². The third kappa shape index (κ3) is 14.5. The number of hydrogen-bond donors (Lipinski definition) is 6. The first-order valence-electron chi connectivity index (χ1n) is 20.5. The van der Waals surface area contributed by atoms with Gasteiger partial charge >= 0.3 is 0 Å². The number of hydrogen-bond acceptors (Lipinski definition) is 8. The van der Waals surface area contributed by atoms with Crippen LogP contribution in [0.3, 0.4) is 0 Å². The maximum Gasteiger partial charge on any atom is 0.248 e. The average molecular weight is 762 g/mol. The number of aliphatic hydroxyl groups excluding tert-OH is 1. The van der Waals surface area contributed by atoms with E-state index in [1.54, 1.807) is 0 Å². The number of fused-ring (bicyclic) bond motifs is 2. The monoisotopic (exact) mass is 762 g/mol. The molecule has 7 unspecified atom stereocenters. The van der Waals surface area contributed by atoms with Gasteiger partial charge in [-0.3, -0.25) is 33.6 Å². The normalized spacial score (nSPS) is 25.6. The number of unbranched alkanes of at least 4 members (excludes halogenated alkanes) is 5. The maximum absolute atomic E-state index is 13.7. The molecular weight excluding hydrogens is 694 g/mol. The molecule has 7 atom stereocenters. The van der Waals surface area contributed by atoms with Crippen molar-refractivity contribution < 1.29 is 38.7 Å². The van der Waals surface area contributed by atoms with E-state index >= 15 is 0 Å². The van der Waals surface area contributed by atoms with Gasteiger partial charge in [0.1, 0.15) is 24.2 Å². The lowest BCUT2D eigenvalue weighted by Crippen LogP contribution is -2.59. The summed E-state index contributed by atoms with van der Waals surface area (Å²) >= 11 is 0. The second-order valence-corrected chi connectivity index (χ2v) is 15.7. The lowest BCUT2D eigenvalue weighted by molar-refractivity contribution is -0.144. The molecule has 3 fully saturated rings. The topological polar surface area (TPSA) is 206 Å². The Kier molecular flexibility index (Phi) is 19.2. The molecule has 54 heavy (non-hydrogen) atoms. The summed E-state index contributed by atoms with van der Waals surface area (Å²) in [5.41, 5.74) is 0. The fraction of sp³-hybridized carbons (Fsp3) is 0.821. The van der Waals surface area contributed by atoms with Crippen LogP contribution >= 0.6 is 0 Å². The summed E-state index contributed by atoms with van der Waals surface area (Å²) in [5, 5.41) is 23.9. The first-order valence-corrected chi connectivity index (χ1v) is 20.5. The summed E-state index contributed by atoms with van der Waals surface area (Å²) in [6.07, 6.45) is 11.1. The van der Waals surface area contributed by atoms with Crippen LogP contribution in [0.4, 0.5) is 0 Å². The van der Waals surface area contributed by atoms with Crippen molar-refractivity contribution in [2.45, 2.75) is 161 Å². The molecule has 306 valence electrons. The van der Waals surface area contributed by atoms with Gasteiger partial charge in [-0.1, -0.05) is 65.7 Å². The molecular formula is C39H67N7O8. The Morgan fingerprint density at radius 1 is 0.759 bits per heavy atom. The van der Waals surface area contributed by atoms with Gasteiger partial charge in [-0.25, -0.2) is 0 Å². The fourth-order valence-electron chi connectivity index (χ4n) is 7.71.